The molecule has 2 aliphatic rings. The molecule has 3 rings (SSSR count). The summed E-state index contributed by atoms with van der Waals surface area (Å²) in [7, 11) is 0. The number of carbonyl (C=O) groups is 1. The summed E-state index contributed by atoms with van der Waals surface area (Å²) < 4.78 is 0. The van der Waals surface area contributed by atoms with Gasteiger partial charge in [-0.3, -0.25) is 9.69 Å². The molecular weight excluding hydrogens is 224 g/mol. The van der Waals surface area contributed by atoms with Crippen LogP contribution in [0.3, 0.4) is 0 Å². The van der Waals surface area contributed by atoms with Gasteiger partial charge in [-0.1, -0.05) is 12.1 Å². The number of benzene rings is 1. The minimum Gasteiger partial charge on any atom is -0.368 e. The maximum atomic E-state index is 11.7. The van der Waals surface area contributed by atoms with Crippen LogP contribution in [0.25, 0.3) is 0 Å². The molecule has 0 unspecified atom stereocenters. The van der Waals surface area contributed by atoms with Gasteiger partial charge in [0, 0.05) is 43.5 Å². The molecule has 0 radical (unpaired) electrons. The van der Waals surface area contributed by atoms with Gasteiger partial charge in [-0.25, -0.2) is 0 Å². The number of hydrogen-bond acceptors (Lipinski definition) is 3. The first-order valence-corrected chi connectivity index (χ1v) is 6.84. The number of carbonyl (C=O) groups excluding carboxylic acids is 1. The third kappa shape index (κ3) is 2.27. The largest absolute Gasteiger partial charge is 0.368 e. The van der Waals surface area contributed by atoms with Crippen LogP contribution in [-0.4, -0.2) is 42.9 Å². The Labute approximate surface area is 108 Å². The van der Waals surface area contributed by atoms with Crippen molar-refractivity contribution in [3.05, 3.63) is 29.8 Å². The fourth-order valence-electron chi connectivity index (χ4n) is 2.81. The Morgan fingerprint density at radius 3 is 2.39 bits per heavy atom. The van der Waals surface area contributed by atoms with E-state index in [-0.39, 0.29) is 5.78 Å². The fraction of sp³-hybridized carbons (Fsp3) is 0.533. The molecule has 1 aromatic carbocycles. The first kappa shape index (κ1) is 11.7. The van der Waals surface area contributed by atoms with Gasteiger partial charge in [0.1, 0.15) is 0 Å². The summed E-state index contributed by atoms with van der Waals surface area (Å²) in [6.45, 7) is 6.01. The van der Waals surface area contributed by atoms with E-state index in [4.69, 9.17) is 0 Å². The number of para-hydroxylation sites is 1. The molecule has 0 atom stereocenters. The van der Waals surface area contributed by atoms with Gasteiger partial charge in [-0.2, -0.15) is 0 Å². The second-order valence-corrected chi connectivity index (χ2v) is 5.33. The maximum absolute atomic E-state index is 11.7. The number of rotatable bonds is 3. The van der Waals surface area contributed by atoms with Crippen molar-refractivity contribution in [2.24, 2.45) is 0 Å². The molecule has 1 saturated carbocycles. The van der Waals surface area contributed by atoms with Crippen molar-refractivity contribution in [2.45, 2.75) is 25.8 Å². The summed E-state index contributed by atoms with van der Waals surface area (Å²) in [6.07, 6.45) is 2.76. The van der Waals surface area contributed by atoms with E-state index in [1.165, 1.54) is 12.8 Å². The van der Waals surface area contributed by atoms with Crippen LogP contribution in [0, 0.1) is 0 Å². The van der Waals surface area contributed by atoms with Crippen molar-refractivity contribution in [3.63, 3.8) is 0 Å². The van der Waals surface area contributed by atoms with Gasteiger partial charge in [-0.15, -0.1) is 0 Å². The van der Waals surface area contributed by atoms with E-state index < -0.39 is 0 Å². The predicted octanol–water partition coefficient (Wildman–Crippen LogP) is 2.17. The monoisotopic (exact) mass is 244 g/mol. The summed E-state index contributed by atoms with van der Waals surface area (Å²) in [5.41, 5.74) is 1.97. The smallest absolute Gasteiger partial charge is 0.161 e. The summed E-state index contributed by atoms with van der Waals surface area (Å²) >= 11 is 0. The van der Waals surface area contributed by atoms with E-state index >= 15 is 0 Å². The molecule has 0 amide bonds. The average molecular weight is 244 g/mol. The minimum atomic E-state index is 0.162. The molecule has 2 fully saturated rings. The van der Waals surface area contributed by atoms with E-state index in [0.717, 1.165) is 43.5 Å². The number of ketones is 1. The van der Waals surface area contributed by atoms with E-state index in [9.17, 15) is 4.79 Å². The third-order valence-corrected chi connectivity index (χ3v) is 4.00. The second kappa shape index (κ2) is 4.73. The second-order valence-electron chi connectivity index (χ2n) is 5.33. The molecule has 1 aromatic rings. The zero-order chi connectivity index (χ0) is 12.5. The molecule has 0 aromatic heterocycles. The van der Waals surface area contributed by atoms with Gasteiger partial charge >= 0.3 is 0 Å². The highest BCUT2D eigenvalue weighted by Crippen LogP contribution is 2.29. The van der Waals surface area contributed by atoms with Crippen LogP contribution in [-0.2, 0) is 0 Å². The lowest BCUT2D eigenvalue weighted by Gasteiger charge is -2.36. The highest BCUT2D eigenvalue weighted by molar-refractivity contribution is 5.99. The Morgan fingerprint density at radius 1 is 1.11 bits per heavy atom. The van der Waals surface area contributed by atoms with Crippen molar-refractivity contribution >= 4 is 11.5 Å². The van der Waals surface area contributed by atoms with Crippen LogP contribution in [0.1, 0.15) is 30.1 Å². The van der Waals surface area contributed by atoms with Gasteiger partial charge in [0.05, 0.1) is 0 Å². The summed E-state index contributed by atoms with van der Waals surface area (Å²) in [5, 5.41) is 0. The van der Waals surface area contributed by atoms with Crippen molar-refractivity contribution in [1.82, 2.24) is 4.90 Å². The molecule has 1 saturated heterocycles. The Balaban J connectivity index is 1.73. The molecule has 3 nitrogen and oxygen atoms in total. The number of Topliss-reactive ketones (excluding diaryl/α,β-unsaturated/α-hetero) is 1. The number of nitrogens with zero attached hydrogens (tertiary/aromatic N) is 2. The first-order chi connectivity index (χ1) is 8.75. The first-order valence-electron chi connectivity index (χ1n) is 6.84. The zero-order valence-electron chi connectivity index (χ0n) is 10.9. The van der Waals surface area contributed by atoms with E-state index in [1.807, 2.05) is 18.2 Å². The molecule has 0 bridgehead atoms. The van der Waals surface area contributed by atoms with Crippen LogP contribution in [0.2, 0.25) is 0 Å². The van der Waals surface area contributed by atoms with Crippen molar-refractivity contribution in [2.75, 3.05) is 31.1 Å². The predicted molar refractivity (Wildman–Crippen MR) is 73.3 cm³/mol. The molecule has 18 heavy (non-hydrogen) atoms. The van der Waals surface area contributed by atoms with E-state index in [1.54, 1.807) is 6.92 Å². The van der Waals surface area contributed by atoms with Gasteiger partial charge < -0.3 is 4.90 Å². The SMILES string of the molecule is CC(=O)c1ccccc1N1CCN(C2CC2)CC1. The van der Waals surface area contributed by atoms with Crippen LogP contribution < -0.4 is 4.90 Å². The quantitative estimate of drug-likeness (QED) is 0.761. The Hall–Kier alpha value is -1.35. The molecule has 0 spiro atoms. The van der Waals surface area contributed by atoms with Crippen molar-refractivity contribution in [3.8, 4) is 0 Å². The average Bonchev–Trinajstić information content (AvgIpc) is 3.23. The molecule has 0 N–H and O–H groups in total. The van der Waals surface area contributed by atoms with Gasteiger partial charge in [0.2, 0.25) is 0 Å². The van der Waals surface area contributed by atoms with Crippen LogP contribution in [0.15, 0.2) is 24.3 Å². The van der Waals surface area contributed by atoms with E-state index in [2.05, 4.69) is 15.9 Å². The Morgan fingerprint density at radius 2 is 1.78 bits per heavy atom. The number of piperazine rings is 1. The lowest BCUT2D eigenvalue weighted by Crippen LogP contribution is -2.47. The number of hydrogen-bond donors (Lipinski definition) is 0. The van der Waals surface area contributed by atoms with Crippen LogP contribution in [0.5, 0.6) is 0 Å². The number of anilines is 1. The zero-order valence-corrected chi connectivity index (χ0v) is 10.9. The highest BCUT2D eigenvalue weighted by Gasteiger charge is 2.31. The molecule has 3 heteroatoms. The third-order valence-electron chi connectivity index (χ3n) is 4.00. The highest BCUT2D eigenvalue weighted by atomic mass is 16.1. The maximum Gasteiger partial charge on any atom is 0.161 e. The Kier molecular flexibility index (Phi) is 3.08. The van der Waals surface area contributed by atoms with Crippen molar-refractivity contribution in [1.29, 1.82) is 0 Å². The lowest BCUT2D eigenvalue weighted by molar-refractivity contribution is 0.101. The lowest BCUT2D eigenvalue weighted by atomic mass is 10.1. The van der Waals surface area contributed by atoms with Crippen molar-refractivity contribution < 1.29 is 4.79 Å². The topological polar surface area (TPSA) is 23.6 Å². The van der Waals surface area contributed by atoms with E-state index in [0.29, 0.717) is 0 Å². The molecule has 1 aliphatic carbocycles. The minimum absolute atomic E-state index is 0.162. The van der Waals surface area contributed by atoms with Crippen LogP contribution >= 0.6 is 0 Å². The molecular formula is C15H20N2O. The van der Waals surface area contributed by atoms with Gasteiger partial charge in [0.25, 0.3) is 0 Å². The Bertz CT molecular complexity index is 446. The van der Waals surface area contributed by atoms with Gasteiger partial charge in [0.15, 0.2) is 5.78 Å². The molecule has 1 aliphatic heterocycles. The fourth-order valence-corrected chi connectivity index (χ4v) is 2.81. The van der Waals surface area contributed by atoms with Gasteiger partial charge in [-0.05, 0) is 31.9 Å². The summed E-state index contributed by atoms with van der Waals surface area (Å²) in [5.74, 6) is 0.162. The molecule has 96 valence electrons. The standard InChI is InChI=1S/C15H20N2O/c1-12(18)14-4-2-3-5-15(14)17-10-8-16(9-11-17)13-6-7-13/h2-5,13H,6-11H2,1H3. The summed E-state index contributed by atoms with van der Waals surface area (Å²) in [4.78, 5) is 16.6. The summed E-state index contributed by atoms with van der Waals surface area (Å²) in [6, 6.07) is 8.83. The van der Waals surface area contributed by atoms with Crippen LogP contribution in [0.4, 0.5) is 5.69 Å². The normalized spacial score (nSPS) is 21.1. The molecule has 1 heterocycles.